The molecule has 1 saturated heterocycles. The van der Waals surface area contributed by atoms with Crippen LogP contribution >= 0.6 is 0 Å². The lowest BCUT2D eigenvalue weighted by atomic mass is 9.95. The van der Waals surface area contributed by atoms with Crippen molar-refractivity contribution in [3.63, 3.8) is 0 Å². The van der Waals surface area contributed by atoms with E-state index in [0.717, 1.165) is 46.9 Å². The van der Waals surface area contributed by atoms with Crippen LogP contribution in [0.25, 0.3) is 33.1 Å². The highest BCUT2D eigenvalue weighted by Gasteiger charge is 2.32. The number of aryl methyl sites for hydroxylation is 1. The molecule has 0 spiro atoms. The molecule has 2 aromatic heterocycles. The Morgan fingerprint density at radius 1 is 1.20 bits per heavy atom. The number of nitrogens with one attached hydrogen (secondary N) is 1. The summed E-state index contributed by atoms with van der Waals surface area (Å²) in [6.45, 7) is 2.57. The Balaban J connectivity index is 0.00000253. The topological polar surface area (TPSA) is 127 Å². The number of nitrogen functional groups attached to an aromatic ring is 1. The summed E-state index contributed by atoms with van der Waals surface area (Å²) in [7, 11) is 0. The van der Waals surface area contributed by atoms with Crippen molar-refractivity contribution >= 4 is 33.6 Å². The number of fused-ring (bicyclic) bond motifs is 3. The van der Waals surface area contributed by atoms with E-state index >= 15 is 0 Å². The van der Waals surface area contributed by atoms with Crippen molar-refractivity contribution in [2.24, 2.45) is 0 Å². The average molecular weight is 470 g/mol. The maximum atomic E-state index is 13.6. The van der Waals surface area contributed by atoms with Crippen molar-refractivity contribution in [3.8, 4) is 17.2 Å². The smallest absolute Gasteiger partial charge is 0.281 e. The van der Waals surface area contributed by atoms with Gasteiger partial charge in [0.05, 0.1) is 11.1 Å². The van der Waals surface area contributed by atoms with Gasteiger partial charge in [0.15, 0.2) is 17.0 Å². The summed E-state index contributed by atoms with van der Waals surface area (Å²) in [6, 6.07) is 11.6. The summed E-state index contributed by atoms with van der Waals surface area (Å²) in [5, 5.41) is 13.1. The number of rotatable bonds is 3. The van der Waals surface area contributed by atoms with Gasteiger partial charge >= 0.3 is 0 Å². The van der Waals surface area contributed by atoms with E-state index in [9.17, 15) is 14.9 Å². The van der Waals surface area contributed by atoms with Gasteiger partial charge in [-0.05, 0) is 61.1 Å². The predicted molar refractivity (Wildman–Crippen MR) is 135 cm³/mol. The molecule has 0 bridgehead atoms. The van der Waals surface area contributed by atoms with Gasteiger partial charge in [-0.2, -0.15) is 5.26 Å². The molecule has 8 heteroatoms. The SMILES string of the molecule is C.Cc1c(-c2ccc(N)c(C#N)c2)ccc2c3oc(C4CCNC(=O)C4)nc3c(=O)n(C3CC3)c12. The lowest BCUT2D eigenvalue weighted by Crippen LogP contribution is -2.32. The molecule has 6 rings (SSSR count). The Morgan fingerprint density at radius 3 is 2.71 bits per heavy atom. The molecular weight excluding hydrogens is 442 g/mol. The number of nitrogens with zero attached hydrogens (tertiary/aromatic N) is 3. The number of pyridine rings is 1. The van der Waals surface area contributed by atoms with Crippen LogP contribution in [0.2, 0.25) is 0 Å². The lowest BCUT2D eigenvalue weighted by Gasteiger charge is -2.18. The van der Waals surface area contributed by atoms with Crippen LogP contribution in [-0.2, 0) is 4.79 Å². The molecule has 1 amide bonds. The minimum Gasteiger partial charge on any atom is -0.439 e. The first kappa shape index (κ1) is 22.7. The third kappa shape index (κ3) is 3.55. The second-order valence-electron chi connectivity index (χ2n) is 9.22. The van der Waals surface area contributed by atoms with Crippen LogP contribution < -0.4 is 16.6 Å². The Bertz CT molecular complexity index is 1600. The Kier molecular flexibility index (Phi) is 5.36. The molecule has 2 fully saturated rings. The maximum absolute atomic E-state index is 13.6. The van der Waals surface area contributed by atoms with Crippen molar-refractivity contribution in [2.45, 2.75) is 52.0 Å². The molecule has 178 valence electrons. The standard InChI is InChI=1S/C26H23N5O3.CH4/c1-13-18(14-2-7-20(28)16(10-14)12-27)5-6-19-23(13)31(17-3-4-17)26(33)22-24(19)34-25(30-22)15-8-9-29-21(32)11-15;/h2,5-7,10,15,17H,3-4,8-9,11,28H2,1H3,(H,29,32);1H4. The molecule has 0 radical (unpaired) electrons. The van der Waals surface area contributed by atoms with E-state index in [1.54, 1.807) is 12.1 Å². The zero-order valence-electron chi connectivity index (χ0n) is 18.7. The van der Waals surface area contributed by atoms with Crippen molar-refractivity contribution in [3.05, 3.63) is 57.7 Å². The zero-order chi connectivity index (χ0) is 23.6. The Hall–Kier alpha value is -4.12. The number of amides is 1. The van der Waals surface area contributed by atoms with Crippen LogP contribution in [0, 0.1) is 18.3 Å². The number of oxazole rings is 1. The molecule has 3 N–H and O–H groups in total. The molecule has 1 aliphatic carbocycles. The Labute approximate surface area is 202 Å². The fraction of sp³-hybridized carbons (Fsp3) is 0.333. The van der Waals surface area contributed by atoms with Crippen LogP contribution in [0.15, 0.2) is 39.5 Å². The van der Waals surface area contributed by atoms with Crippen molar-refractivity contribution in [1.29, 1.82) is 5.26 Å². The average Bonchev–Trinajstić information content (AvgIpc) is 3.56. The van der Waals surface area contributed by atoms with Gasteiger partial charge in [0.2, 0.25) is 5.91 Å². The number of hydrogen-bond acceptors (Lipinski definition) is 6. The number of piperidine rings is 1. The first-order valence-electron chi connectivity index (χ1n) is 11.5. The highest BCUT2D eigenvalue weighted by atomic mass is 16.3. The van der Waals surface area contributed by atoms with E-state index < -0.39 is 0 Å². The number of carbonyl (C=O) groups excluding carboxylic acids is 1. The fourth-order valence-electron chi connectivity index (χ4n) is 5.06. The quantitative estimate of drug-likeness (QED) is 0.424. The molecule has 35 heavy (non-hydrogen) atoms. The predicted octanol–water partition coefficient (Wildman–Crippen LogP) is 4.54. The van der Waals surface area contributed by atoms with Gasteiger partial charge in [0.25, 0.3) is 5.56 Å². The van der Waals surface area contributed by atoms with Gasteiger partial charge in [-0.1, -0.05) is 19.6 Å². The van der Waals surface area contributed by atoms with Crippen LogP contribution in [-0.4, -0.2) is 22.0 Å². The van der Waals surface area contributed by atoms with Gasteiger partial charge in [0, 0.05) is 36.0 Å². The lowest BCUT2D eigenvalue weighted by molar-refractivity contribution is -0.122. The molecule has 2 aromatic carbocycles. The number of anilines is 1. The van der Waals surface area contributed by atoms with E-state index in [1.807, 2.05) is 29.7 Å². The third-order valence-electron chi connectivity index (χ3n) is 6.97. The minimum absolute atomic E-state index is 0. The molecule has 3 heterocycles. The summed E-state index contributed by atoms with van der Waals surface area (Å²) in [6.07, 6.45) is 2.92. The molecule has 1 atom stereocenters. The minimum atomic E-state index is -0.157. The van der Waals surface area contributed by atoms with Crippen molar-refractivity contribution < 1.29 is 9.21 Å². The van der Waals surface area contributed by atoms with Crippen LogP contribution in [0.1, 0.15) is 62.1 Å². The number of aromatic nitrogens is 2. The summed E-state index contributed by atoms with van der Waals surface area (Å²) >= 11 is 0. The molecular formula is C27H27N5O3. The van der Waals surface area contributed by atoms with E-state index in [2.05, 4.69) is 16.4 Å². The number of carbonyl (C=O) groups is 1. The summed E-state index contributed by atoms with van der Waals surface area (Å²) in [5.41, 5.74) is 11.0. The van der Waals surface area contributed by atoms with Crippen LogP contribution in [0.5, 0.6) is 0 Å². The molecule has 1 aliphatic heterocycles. The number of nitrogens with two attached hydrogens (primary N) is 1. The number of nitriles is 1. The van der Waals surface area contributed by atoms with Gasteiger partial charge in [-0.25, -0.2) is 4.98 Å². The van der Waals surface area contributed by atoms with Gasteiger partial charge in [-0.3, -0.25) is 9.59 Å². The van der Waals surface area contributed by atoms with Crippen molar-refractivity contribution in [1.82, 2.24) is 14.9 Å². The molecule has 1 saturated carbocycles. The van der Waals surface area contributed by atoms with Gasteiger partial charge in [-0.15, -0.1) is 0 Å². The first-order valence-corrected chi connectivity index (χ1v) is 11.5. The molecule has 2 aliphatic rings. The van der Waals surface area contributed by atoms with Crippen LogP contribution in [0.3, 0.4) is 0 Å². The Morgan fingerprint density at radius 2 is 2.00 bits per heavy atom. The fourth-order valence-corrected chi connectivity index (χ4v) is 5.06. The number of benzene rings is 2. The zero-order valence-corrected chi connectivity index (χ0v) is 18.7. The second kappa shape index (κ2) is 8.27. The van der Waals surface area contributed by atoms with E-state index in [0.29, 0.717) is 41.2 Å². The summed E-state index contributed by atoms with van der Waals surface area (Å²) in [5.74, 6) is 0.291. The summed E-state index contributed by atoms with van der Waals surface area (Å²) in [4.78, 5) is 30.1. The largest absolute Gasteiger partial charge is 0.439 e. The third-order valence-corrected chi connectivity index (χ3v) is 6.97. The summed E-state index contributed by atoms with van der Waals surface area (Å²) < 4.78 is 8.05. The second-order valence-corrected chi connectivity index (χ2v) is 9.22. The van der Waals surface area contributed by atoms with E-state index in [1.165, 1.54) is 0 Å². The highest BCUT2D eigenvalue weighted by molar-refractivity contribution is 6.04. The number of hydrogen-bond donors (Lipinski definition) is 2. The molecule has 4 aromatic rings. The highest BCUT2D eigenvalue weighted by Crippen LogP contribution is 2.41. The van der Waals surface area contributed by atoms with E-state index in [-0.39, 0.29) is 30.9 Å². The van der Waals surface area contributed by atoms with Crippen LogP contribution in [0.4, 0.5) is 5.69 Å². The molecule has 1 unspecified atom stereocenters. The maximum Gasteiger partial charge on any atom is 0.281 e. The van der Waals surface area contributed by atoms with Gasteiger partial charge < -0.3 is 20.0 Å². The van der Waals surface area contributed by atoms with Crippen molar-refractivity contribution in [2.75, 3.05) is 12.3 Å². The normalized spacial score (nSPS) is 17.7. The van der Waals surface area contributed by atoms with E-state index in [4.69, 9.17) is 10.2 Å². The first-order chi connectivity index (χ1) is 16.5. The van der Waals surface area contributed by atoms with Gasteiger partial charge in [0.1, 0.15) is 6.07 Å². The molecule has 8 nitrogen and oxygen atoms in total. The monoisotopic (exact) mass is 469 g/mol.